The molecular weight excluding hydrogens is 212 g/mol. The molecule has 0 aliphatic heterocycles. The molecule has 96 valence electrons. The van der Waals surface area contributed by atoms with Gasteiger partial charge in [-0.05, 0) is 38.1 Å². The van der Waals surface area contributed by atoms with Gasteiger partial charge < -0.3 is 15.3 Å². The number of nitrogens with zero attached hydrogens (tertiary/aromatic N) is 1. The highest BCUT2D eigenvalue weighted by Gasteiger charge is 2.23. The van der Waals surface area contributed by atoms with Crippen LogP contribution in [0.25, 0.3) is 0 Å². The highest BCUT2D eigenvalue weighted by Crippen LogP contribution is 2.16. The number of anilines is 1. The first-order valence-electron chi connectivity index (χ1n) is 6.14. The first kappa shape index (κ1) is 14.0. The number of rotatable bonds is 6. The summed E-state index contributed by atoms with van der Waals surface area (Å²) in [5.74, 6) is 0. The zero-order valence-electron chi connectivity index (χ0n) is 11.3. The van der Waals surface area contributed by atoms with E-state index in [9.17, 15) is 5.11 Å². The Morgan fingerprint density at radius 1 is 1.41 bits per heavy atom. The van der Waals surface area contributed by atoms with E-state index in [1.807, 2.05) is 6.92 Å². The standard InChI is InChI=1S/C14H24N2O/c1-5-15-14(3,11-17)10-16(4)13-8-6-7-12(2)9-13/h6-9,15,17H,5,10-11H2,1-4H3. The lowest BCUT2D eigenvalue weighted by Gasteiger charge is -2.34. The monoisotopic (exact) mass is 236 g/mol. The Hall–Kier alpha value is -1.06. The zero-order valence-corrected chi connectivity index (χ0v) is 11.3. The molecule has 0 saturated heterocycles. The van der Waals surface area contributed by atoms with Crippen molar-refractivity contribution in [1.29, 1.82) is 0 Å². The van der Waals surface area contributed by atoms with E-state index in [0.29, 0.717) is 0 Å². The van der Waals surface area contributed by atoms with Crippen LogP contribution in [0.1, 0.15) is 19.4 Å². The lowest BCUT2D eigenvalue weighted by Crippen LogP contribution is -2.53. The van der Waals surface area contributed by atoms with E-state index in [1.54, 1.807) is 0 Å². The van der Waals surface area contributed by atoms with Crippen molar-refractivity contribution in [2.24, 2.45) is 0 Å². The molecule has 3 nitrogen and oxygen atoms in total. The summed E-state index contributed by atoms with van der Waals surface area (Å²) < 4.78 is 0. The highest BCUT2D eigenvalue weighted by molar-refractivity contribution is 5.48. The Balaban J connectivity index is 2.73. The lowest BCUT2D eigenvalue weighted by molar-refractivity contribution is 0.181. The van der Waals surface area contributed by atoms with Crippen molar-refractivity contribution in [1.82, 2.24) is 5.32 Å². The van der Waals surface area contributed by atoms with E-state index in [2.05, 4.69) is 55.4 Å². The fourth-order valence-electron chi connectivity index (χ4n) is 2.07. The minimum Gasteiger partial charge on any atom is -0.394 e. The Kier molecular flexibility index (Phi) is 4.97. The third-order valence-electron chi connectivity index (χ3n) is 2.98. The van der Waals surface area contributed by atoms with Gasteiger partial charge in [0.05, 0.1) is 12.1 Å². The molecule has 0 spiro atoms. The van der Waals surface area contributed by atoms with E-state index in [4.69, 9.17) is 0 Å². The van der Waals surface area contributed by atoms with Gasteiger partial charge in [-0.25, -0.2) is 0 Å². The van der Waals surface area contributed by atoms with E-state index in [-0.39, 0.29) is 12.1 Å². The average molecular weight is 236 g/mol. The second-order valence-corrected chi connectivity index (χ2v) is 4.94. The molecule has 0 radical (unpaired) electrons. The molecule has 3 heteroatoms. The van der Waals surface area contributed by atoms with E-state index < -0.39 is 0 Å². The molecule has 0 aliphatic rings. The van der Waals surface area contributed by atoms with Gasteiger partial charge in [0.25, 0.3) is 0 Å². The third kappa shape index (κ3) is 4.02. The van der Waals surface area contributed by atoms with Crippen molar-refractivity contribution in [2.45, 2.75) is 26.3 Å². The van der Waals surface area contributed by atoms with Crippen LogP contribution in [-0.2, 0) is 0 Å². The fourth-order valence-corrected chi connectivity index (χ4v) is 2.07. The van der Waals surface area contributed by atoms with Gasteiger partial charge >= 0.3 is 0 Å². The second-order valence-electron chi connectivity index (χ2n) is 4.94. The maximum Gasteiger partial charge on any atom is 0.0627 e. The number of nitrogens with one attached hydrogen (secondary N) is 1. The minimum absolute atomic E-state index is 0.136. The quantitative estimate of drug-likeness (QED) is 0.790. The largest absolute Gasteiger partial charge is 0.394 e. The Bertz CT molecular complexity index is 354. The van der Waals surface area contributed by atoms with Gasteiger partial charge in [-0.1, -0.05) is 19.1 Å². The molecule has 1 rings (SSSR count). The van der Waals surface area contributed by atoms with E-state index in [0.717, 1.165) is 13.1 Å². The van der Waals surface area contributed by atoms with Crippen molar-refractivity contribution in [3.63, 3.8) is 0 Å². The van der Waals surface area contributed by atoms with Crippen LogP contribution in [-0.4, -0.2) is 37.4 Å². The number of benzene rings is 1. The molecule has 17 heavy (non-hydrogen) atoms. The molecule has 0 amide bonds. The Labute approximate surface area is 104 Å². The van der Waals surface area contributed by atoms with Crippen molar-refractivity contribution in [3.8, 4) is 0 Å². The molecular formula is C14H24N2O. The molecule has 1 unspecified atom stereocenters. The van der Waals surface area contributed by atoms with Crippen LogP contribution in [0.4, 0.5) is 5.69 Å². The maximum atomic E-state index is 9.48. The summed E-state index contributed by atoms with van der Waals surface area (Å²) in [4.78, 5) is 2.17. The molecule has 0 fully saturated rings. The van der Waals surface area contributed by atoms with Crippen molar-refractivity contribution in [3.05, 3.63) is 29.8 Å². The number of hydrogen-bond acceptors (Lipinski definition) is 3. The molecule has 0 bridgehead atoms. The number of aliphatic hydroxyl groups is 1. The number of likely N-dealkylation sites (N-methyl/N-ethyl adjacent to an activating group) is 2. The highest BCUT2D eigenvalue weighted by atomic mass is 16.3. The molecule has 0 heterocycles. The molecule has 0 aliphatic carbocycles. The van der Waals surface area contributed by atoms with Crippen molar-refractivity contribution >= 4 is 5.69 Å². The van der Waals surface area contributed by atoms with Gasteiger partial charge in [0.2, 0.25) is 0 Å². The topological polar surface area (TPSA) is 35.5 Å². The molecule has 1 atom stereocenters. The molecule has 1 aromatic carbocycles. The fraction of sp³-hybridized carbons (Fsp3) is 0.571. The van der Waals surface area contributed by atoms with Crippen LogP contribution >= 0.6 is 0 Å². The molecule has 2 N–H and O–H groups in total. The number of aliphatic hydroxyl groups excluding tert-OH is 1. The Morgan fingerprint density at radius 3 is 2.65 bits per heavy atom. The first-order valence-corrected chi connectivity index (χ1v) is 6.14. The molecule has 0 aromatic heterocycles. The first-order chi connectivity index (χ1) is 8.00. The summed E-state index contributed by atoms with van der Waals surface area (Å²) in [6.45, 7) is 7.97. The van der Waals surface area contributed by atoms with Crippen LogP contribution < -0.4 is 10.2 Å². The van der Waals surface area contributed by atoms with Gasteiger partial charge in [-0.2, -0.15) is 0 Å². The van der Waals surface area contributed by atoms with E-state index in [1.165, 1.54) is 11.3 Å². The summed E-state index contributed by atoms with van der Waals surface area (Å²) in [7, 11) is 2.06. The number of hydrogen-bond donors (Lipinski definition) is 2. The predicted molar refractivity (Wildman–Crippen MR) is 73.6 cm³/mol. The maximum absolute atomic E-state index is 9.48. The molecule has 1 aromatic rings. The van der Waals surface area contributed by atoms with Gasteiger partial charge in [-0.15, -0.1) is 0 Å². The second kappa shape index (κ2) is 6.03. The summed E-state index contributed by atoms with van der Waals surface area (Å²) in [6, 6.07) is 8.40. The minimum atomic E-state index is -0.257. The predicted octanol–water partition coefficient (Wildman–Crippen LogP) is 1.79. The SMILES string of the molecule is CCNC(C)(CO)CN(C)c1cccc(C)c1. The molecule has 0 saturated carbocycles. The smallest absolute Gasteiger partial charge is 0.0627 e. The Morgan fingerprint density at radius 2 is 2.12 bits per heavy atom. The van der Waals surface area contributed by atoms with Crippen molar-refractivity contribution < 1.29 is 5.11 Å². The van der Waals surface area contributed by atoms with Gasteiger partial charge in [0, 0.05) is 19.3 Å². The normalized spacial score (nSPS) is 14.4. The van der Waals surface area contributed by atoms with Crippen molar-refractivity contribution in [2.75, 3.05) is 31.6 Å². The summed E-state index contributed by atoms with van der Waals surface area (Å²) in [6.07, 6.45) is 0. The summed E-state index contributed by atoms with van der Waals surface area (Å²) >= 11 is 0. The van der Waals surface area contributed by atoms with Gasteiger partial charge in [0.1, 0.15) is 0 Å². The lowest BCUT2D eigenvalue weighted by atomic mass is 10.0. The van der Waals surface area contributed by atoms with Crippen LogP contribution in [0.5, 0.6) is 0 Å². The van der Waals surface area contributed by atoms with Gasteiger partial charge in [0.15, 0.2) is 0 Å². The van der Waals surface area contributed by atoms with E-state index >= 15 is 0 Å². The van der Waals surface area contributed by atoms with Crippen LogP contribution in [0.3, 0.4) is 0 Å². The zero-order chi connectivity index (χ0) is 12.9. The van der Waals surface area contributed by atoms with Crippen LogP contribution in [0.2, 0.25) is 0 Å². The van der Waals surface area contributed by atoms with Gasteiger partial charge in [-0.3, -0.25) is 0 Å². The summed E-state index contributed by atoms with van der Waals surface area (Å²) in [5, 5.41) is 12.8. The summed E-state index contributed by atoms with van der Waals surface area (Å²) in [5.41, 5.74) is 2.18. The van der Waals surface area contributed by atoms with Crippen LogP contribution in [0, 0.1) is 6.92 Å². The number of aryl methyl sites for hydroxylation is 1. The average Bonchev–Trinajstić information content (AvgIpc) is 2.29. The third-order valence-corrected chi connectivity index (χ3v) is 2.98. The van der Waals surface area contributed by atoms with Crippen LogP contribution in [0.15, 0.2) is 24.3 Å².